The molecule has 5 N–H and O–H groups in total. The number of likely N-dealkylation sites (tertiary alicyclic amines) is 1. The minimum atomic E-state index is -1.14. The molecule has 0 aromatic heterocycles. The van der Waals surface area contributed by atoms with Gasteiger partial charge in [0.1, 0.15) is 0 Å². The Morgan fingerprint density at radius 3 is 1.51 bits per heavy atom. The molecular formula is C36H55GdN7O13. The van der Waals surface area contributed by atoms with Crippen molar-refractivity contribution in [1.82, 2.24) is 34.7 Å². The number of hydrogen-bond acceptors (Lipinski definition) is 13. The number of carbonyl (C=O) groups excluding carboxylic acids is 5. The number of rotatable bonds is 20. The summed E-state index contributed by atoms with van der Waals surface area (Å²) in [5.74, 6) is -7.04. The molecule has 3 aliphatic rings. The number of carboxylic acids is 4. The maximum Gasteiger partial charge on any atom is 0.317 e. The van der Waals surface area contributed by atoms with Crippen molar-refractivity contribution >= 4 is 53.3 Å². The second-order valence-corrected chi connectivity index (χ2v) is 14.5. The monoisotopic (exact) mass is 951 g/mol. The summed E-state index contributed by atoms with van der Waals surface area (Å²) in [6.45, 7) is 2.17. The molecule has 1 atom stereocenters. The van der Waals surface area contributed by atoms with Crippen molar-refractivity contribution in [2.45, 2.75) is 44.9 Å². The van der Waals surface area contributed by atoms with Gasteiger partial charge in [0.25, 0.3) is 11.8 Å². The first-order valence-electron chi connectivity index (χ1n) is 19.0. The summed E-state index contributed by atoms with van der Waals surface area (Å²) < 4.78 is 0. The largest absolute Gasteiger partial charge is 0.481 e. The summed E-state index contributed by atoms with van der Waals surface area (Å²) in [6.07, 6.45) is 4.27. The molecule has 2 saturated heterocycles. The van der Waals surface area contributed by atoms with Crippen molar-refractivity contribution in [3.8, 4) is 0 Å². The Labute approximate surface area is 363 Å². The van der Waals surface area contributed by atoms with Gasteiger partial charge < -0.3 is 30.6 Å². The van der Waals surface area contributed by atoms with E-state index < -0.39 is 47.4 Å². The van der Waals surface area contributed by atoms with E-state index >= 15 is 0 Å². The first-order chi connectivity index (χ1) is 26.6. The minimum absolute atomic E-state index is 0. The molecule has 4 amide bonds. The molecule has 57 heavy (non-hydrogen) atoms. The van der Waals surface area contributed by atoms with Crippen molar-refractivity contribution in [3.05, 3.63) is 12.2 Å². The van der Waals surface area contributed by atoms with Crippen LogP contribution in [0.5, 0.6) is 0 Å². The van der Waals surface area contributed by atoms with E-state index in [-0.39, 0.29) is 142 Å². The Kier molecular flexibility index (Phi) is 22.5. The molecule has 3 heterocycles. The van der Waals surface area contributed by atoms with E-state index in [1.165, 1.54) is 12.2 Å². The molecule has 20 nitrogen and oxygen atoms in total. The van der Waals surface area contributed by atoms with Crippen LogP contribution in [0.4, 0.5) is 0 Å². The molecule has 3 aliphatic heterocycles. The summed E-state index contributed by atoms with van der Waals surface area (Å²) in [4.78, 5) is 118. The Balaban J connectivity index is 0.0000112. The third kappa shape index (κ3) is 19.2. The SMILES string of the molecule is O=C(O)CN1CCN(CC(=O)O)CCN(CC(=O)N2CCC(CC(=O)NCC(=O)C[C@@H](CCCCN3C(=O)C=CC3=O)C(=O)O)CC2)CCN(CC(=O)O)CC1.[Gd]. The number of unbranched alkanes of at least 4 members (excludes halogenated alkanes) is 1. The van der Waals surface area contributed by atoms with Crippen molar-refractivity contribution < 1.29 is 104 Å². The van der Waals surface area contributed by atoms with Crippen LogP contribution in [0.1, 0.15) is 44.9 Å². The van der Waals surface area contributed by atoms with Gasteiger partial charge in [-0.15, -0.1) is 0 Å². The summed E-state index contributed by atoms with van der Waals surface area (Å²) in [5.41, 5.74) is 0. The Morgan fingerprint density at radius 1 is 0.649 bits per heavy atom. The number of aliphatic carboxylic acids is 4. The van der Waals surface area contributed by atoms with Crippen LogP contribution < -0.4 is 5.32 Å². The number of Topliss-reactive ketones (excluding diaryl/α,β-unsaturated/α-hetero) is 1. The van der Waals surface area contributed by atoms with Gasteiger partial charge in [0, 0.05) is 137 Å². The predicted molar refractivity (Wildman–Crippen MR) is 196 cm³/mol. The number of carbonyl (C=O) groups is 9. The van der Waals surface area contributed by atoms with Crippen molar-refractivity contribution in [2.24, 2.45) is 11.8 Å². The van der Waals surface area contributed by atoms with Crippen LogP contribution in [0.3, 0.4) is 0 Å². The maximum absolute atomic E-state index is 13.4. The van der Waals surface area contributed by atoms with Crippen LogP contribution in [0.25, 0.3) is 0 Å². The zero-order valence-corrected chi connectivity index (χ0v) is 34.3. The maximum atomic E-state index is 13.4. The molecule has 2 fully saturated rings. The number of amides is 4. The average molecular weight is 951 g/mol. The molecule has 0 aromatic carbocycles. The van der Waals surface area contributed by atoms with Gasteiger partial charge in [0.2, 0.25) is 11.8 Å². The number of ketones is 1. The van der Waals surface area contributed by atoms with E-state index in [9.17, 15) is 63.6 Å². The first kappa shape index (κ1) is 49.7. The topological polar surface area (TPSA) is 266 Å². The Hall–Kier alpha value is -3.47. The third-order valence-electron chi connectivity index (χ3n) is 10.2. The fourth-order valence-corrected chi connectivity index (χ4v) is 6.97. The van der Waals surface area contributed by atoms with Gasteiger partial charge in [-0.2, -0.15) is 0 Å². The van der Waals surface area contributed by atoms with E-state index in [1.807, 2.05) is 4.90 Å². The number of imide groups is 1. The van der Waals surface area contributed by atoms with E-state index in [1.54, 1.807) is 19.6 Å². The van der Waals surface area contributed by atoms with E-state index in [4.69, 9.17) is 0 Å². The average Bonchev–Trinajstić information content (AvgIpc) is 3.45. The van der Waals surface area contributed by atoms with Crippen LogP contribution in [0, 0.1) is 51.8 Å². The van der Waals surface area contributed by atoms with Gasteiger partial charge in [-0.05, 0) is 31.6 Å². The summed E-state index contributed by atoms with van der Waals surface area (Å²) in [5, 5.41) is 40.4. The Bertz CT molecular complexity index is 1420. The number of nitrogens with zero attached hydrogens (tertiary/aromatic N) is 6. The predicted octanol–water partition coefficient (Wildman–Crippen LogP) is -2.04. The van der Waals surface area contributed by atoms with Gasteiger partial charge in [-0.3, -0.25) is 67.7 Å². The van der Waals surface area contributed by atoms with Gasteiger partial charge in [0.05, 0.1) is 38.6 Å². The number of piperidine rings is 1. The number of hydrogen-bond donors (Lipinski definition) is 5. The number of nitrogens with one attached hydrogen (secondary N) is 1. The zero-order chi connectivity index (χ0) is 41.2. The molecular weight excluding hydrogens is 896 g/mol. The van der Waals surface area contributed by atoms with Crippen LogP contribution in [-0.2, 0) is 43.2 Å². The molecule has 3 rings (SSSR count). The van der Waals surface area contributed by atoms with Gasteiger partial charge in [-0.25, -0.2) is 0 Å². The van der Waals surface area contributed by atoms with Crippen molar-refractivity contribution in [3.63, 3.8) is 0 Å². The van der Waals surface area contributed by atoms with Crippen LogP contribution in [0.15, 0.2) is 12.2 Å². The molecule has 0 bridgehead atoms. The molecule has 21 heteroatoms. The summed E-state index contributed by atoms with van der Waals surface area (Å²) >= 11 is 0. The molecule has 0 saturated carbocycles. The molecule has 0 spiro atoms. The summed E-state index contributed by atoms with van der Waals surface area (Å²) in [7, 11) is 0. The quantitative estimate of drug-likeness (QED) is 0.0651. The van der Waals surface area contributed by atoms with Gasteiger partial charge >= 0.3 is 23.9 Å². The van der Waals surface area contributed by atoms with E-state index in [0.717, 1.165) is 4.90 Å². The molecule has 0 aromatic rings. The second-order valence-electron chi connectivity index (χ2n) is 14.5. The fourth-order valence-electron chi connectivity index (χ4n) is 6.97. The first-order valence-corrected chi connectivity index (χ1v) is 19.0. The summed E-state index contributed by atoms with van der Waals surface area (Å²) in [6, 6.07) is 0. The molecule has 0 aliphatic carbocycles. The van der Waals surface area contributed by atoms with Crippen LogP contribution >= 0.6 is 0 Å². The molecule has 320 valence electrons. The third-order valence-corrected chi connectivity index (χ3v) is 10.2. The fraction of sp³-hybridized carbons (Fsp3) is 0.694. The smallest absolute Gasteiger partial charge is 0.317 e. The Morgan fingerprint density at radius 2 is 1.09 bits per heavy atom. The minimum Gasteiger partial charge on any atom is -0.481 e. The van der Waals surface area contributed by atoms with E-state index in [2.05, 4.69) is 5.32 Å². The standard InChI is InChI=1S/C36H55N7O13.Gd/c44-28(20-27(36(55)56)3-1-2-8-43-30(46)4-5-31(43)47)21-37-29(45)19-26-6-9-42(10-7-26)32(48)22-38-11-13-39(23-33(49)50)15-17-41(25-35(53)54)18-16-40(14-12-38)24-34(51)52;/h4-5,26-27H,1-3,6-25H2,(H,37,45)(H,49,50)(H,51,52)(H,53,54)(H,55,56);/t27-;/m1./s1. The second kappa shape index (κ2) is 25.8. The van der Waals surface area contributed by atoms with E-state index in [0.29, 0.717) is 65.0 Å². The van der Waals surface area contributed by atoms with Crippen LogP contribution in [0.2, 0.25) is 0 Å². The molecule has 0 radical (unpaired) electrons. The van der Waals surface area contributed by atoms with Gasteiger partial charge in [0.15, 0.2) is 5.78 Å². The van der Waals surface area contributed by atoms with Crippen molar-refractivity contribution in [2.75, 3.05) is 105 Å². The van der Waals surface area contributed by atoms with Crippen LogP contribution in [-0.4, -0.2) is 208 Å². The zero-order valence-electron chi connectivity index (χ0n) is 32.1. The van der Waals surface area contributed by atoms with Crippen molar-refractivity contribution in [1.29, 1.82) is 0 Å². The molecule has 0 unspecified atom stereocenters. The van der Waals surface area contributed by atoms with Gasteiger partial charge in [-0.1, -0.05) is 6.42 Å². The normalized spacial score (nSPS) is 18.9. The number of carboxylic acid groups (broad SMARTS) is 4.